The summed E-state index contributed by atoms with van der Waals surface area (Å²) >= 11 is 0. The minimum Gasteiger partial charge on any atom is -0.480 e. The fourth-order valence-corrected chi connectivity index (χ4v) is 9.71. The lowest BCUT2D eigenvalue weighted by atomic mass is 9.44. The van der Waals surface area contributed by atoms with Crippen LogP contribution in [0.3, 0.4) is 0 Å². The topological polar surface area (TPSA) is 171 Å². The Morgan fingerprint density at radius 1 is 1.23 bits per heavy atom. The van der Waals surface area contributed by atoms with E-state index in [0.717, 1.165) is 24.8 Å². The largest absolute Gasteiger partial charge is 0.480 e. The summed E-state index contributed by atoms with van der Waals surface area (Å²) in [5.74, 6) is -1.13. The lowest BCUT2D eigenvalue weighted by Gasteiger charge is -2.60. The number of ether oxygens (including phenoxy) is 1. The molecular formula is C36H50N4O7. The van der Waals surface area contributed by atoms with E-state index >= 15 is 0 Å². The Morgan fingerprint density at radius 2 is 1.96 bits per heavy atom. The van der Waals surface area contributed by atoms with Gasteiger partial charge in [0.25, 0.3) is 0 Å². The Morgan fingerprint density at radius 3 is 2.62 bits per heavy atom. The van der Waals surface area contributed by atoms with Crippen molar-refractivity contribution in [1.29, 1.82) is 0 Å². The van der Waals surface area contributed by atoms with Crippen molar-refractivity contribution in [3.05, 3.63) is 42.0 Å². The number of hydrogen-bond acceptors (Lipinski definition) is 8. The highest BCUT2D eigenvalue weighted by Crippen LogP contribution is 2.71. The minimum atomic E-state index is -1.20. The Bertz CT molecular complexity index is 1510. The molecule has 3 fully saturated rings. The second kappa shape index (κ2) is 12.8. The maximum Gasteiger partial charge on any atom is 0.326 e. The number of fused-ring (bicyclic) bond motifs is 5. The van der Waals surface area contributed by atoms with Gasteiger partial charge in [0.2, 0.25) is 5.91 Å². The summed E-state index contributed by atoms with van der Waals surface area (Å²) in [5.41, 5.74) is 5.83. The van der Waals surface area contributed by atoms with Crippen molar-refractivity contribution in [1.82, 2.24) is 14.9 Å². The predicted molar refractivity (Wildman–Crippen MR) is 174 cm³/mol. The number of nitrogens with one attached hydrogen (secondary N) is 1. The Kier molecular flexibility index (Phi) is 9.44. The van der Waals surface area contributed by atoms with Crippen LogP contribution in [0.4, 0.5) is 0 Å². The summed E-state index contributed by atoms with van der Waals surface area (Å²) in [4.78, 5) is 67.6. The molecule has 1 heterocycles. The van der Waals surface area contributed by atoms with Crippen LogP contribution < -0.4 is 11.1 Å². The van der Waals surface area contributed by atoms with Crippen molar-refractivity contribution in [2.75, 3.05) is 0 Å². The number of nitrogens with two attached hydrogens (primary N) is 1. The number of aryl methyl sites for hydroxylation is 1. The van der Waals surface area contributed by atoms with E-state index in [1.165, 1.54) is 13.3 Å². The van der Waals surface area contributed by atoms with Gasteiger partial charge in [-0.3, -0.25) is 19.2 Å². The number of esters is 1. The number of imidazole rings is 1. The van der Waals surface area contributed by atoms with Gasteiger partial charge in [-0.25, -0.2) is 9.78 Å². The van der Waals surface area contributed by atoms with E-state index in [9.17, 15) is 29.1 Å². The molecule has 5 rings (SSSR count). The molecule has 0 saturated heterocycles. The quantitative estimate of drug-likeness (QED) is 0.302. The maximum absolute atomic E-state index is 13.6. The van der Waals surface area contributed by atoms with E-state index in [1.54, 1.807) is 22.9 Å². The first-order valence-corrected chi connectivity index (χ1v) is 17.0. The first-order valence-electron chi connectivity index (χ1n) is 17.0. The van der Waals surface area contributed by atoms with Crippen LogP contribution in [0.15, 0.2) is 36.3 Å². The molecule has 0 spiro atoms. The molecule has 256 valence electrons. The van der Waals surface area contributed by atoms with Gasteiger partial charge in [0.1, 0.15) is 17.9 Å². The summed E-state index contributed by atoms with van der Waals surface area (Å²) < 4.78 is 8.15. The molecule has 4 aliphatic rings. The van der Waals surface area contributed by atoms with Crippen molar-refractivity contribution < 1.29 is 33.8 Å². The van der Waals surface area contributed by atoms with Gasteiger partial charge in [-0.1, -0.05) is 46.3 Å². The molecule has 3 saturated carbocycles. The molecule has 0 aliphatic heterocycles. The van der Waals surface area contributed by atoms with Gasteiger partial charge in [-0.2, -0.15) is 0 Å². The second-order valence-corrected chi connectivity index (χ2v) is 15.0. The first-order chi connectivity index (χ1) is 22.0. The molecule has 11 nitrogen and oxygen atoms in total. The Hall–Kier alpha value is -3.60. The monoisotopic (exact) mass is 650 g/mol. The van der Waals surface area contributed by atoms with Crippen LogP contribution in [0.25, 0.3) is 0 Å². The average molecular weight is 651 g/mol. The molecule has 0 bridgehead atoms. The van der Waals surface area contributed by atoms with Crippen molar-refractivity contribution in [3.63, 3.8) is 0 Å². The number of carboxylic acids is 1. The lowest BCUT2D eigenvalue weighted by molar-refractivity contribution is -0.180. The minimum absolute atomic E-state index is 0.00794. The molecule has 4 aliphatic carbocycles. The molecular weight excluding hydrogens is 600 g/mol. The number of carboxylic acid groups (broad SMARTS) is 1. The zero-order valence-corrected chi connectivity index (χ0v) is 28.5. The fraction of sp³-hybridized carbons (Fsp3) is 0.667. The van der Waals surface area contributed by atoms with Crippen LogP contribution in [-0.4, -0.2) is 62.3 Å². The summed E-state index contributed by atoms with van der Waals surface area (Å²) in [7, 11) is 0. The zero-order chi connectivity index (χ0) is 34.5. The molecule has 0 aromatic carbocycles. The number of carbonyl (C=O) groups is 5. The van der Waals surface area contributed by atoms with Crippen LogP contribution in [0, 0.1) is 39.9 Å². The molecule has 47 heavy (non-hydrogen) atoms. The fourth-order valence-electron chi connectivity index (χ4n) is 9.71. The van der Waals surface area contributed by atoms with Gasteiger partial charge in [0.05, 0.1) is 24.5 Å². The van der Waals surface area contributed by atoms with Gasteiger partial charge in [0, 0.05) is 42.3 Å². The number of allylic oxidation sites excluding steroid dienone is 4. The normalized spacial score (nSPS) is 35.5. The molecule has 4 N–H and O–H groups in total. The molecule has 10 atom stereocenters. The lowest BCUT2D eigenvalue weighted by Crippen LogP contribution is -2.59. The number of Topliss-reactive ketones (excluding diaryl/α,β-unsaturated/α-hetero) is 1. The summed E-state index contributed by atoms with van der Waals surface area (Å²) in [6, 6.07) is -2.03. The van der Waals surface area contributed by atoms with Gasteiger partial charge >= 0.3 is 11.9 Å². The molecule has 3 unspecified atom stereocenters. The number of hydrogen-bond donors (Lipinski definition) is 3. The van der Waals surface area contributed by atoms with Crippen molar-refractivity contribution in [2.24, 2.45) is 45.7 Å². The van der Waals surface area contributed by atoms with Crippen molar-refractivity contribution in [3.8, 4) is 0 Å². The predicted octanol–water partition coefficient (Wildman–Crippen LogP) is 3.79. The number of carbonyl (C=O) groups excluding carboxylic acids is 4. The van der Waals surface area contributed by atoms with Gasteiger partial charge in [0.15, 0.2) is 5.78 Å². The van der Waals surface area contributed by atoms with Crippen molar-refractivity contribution >= 4 is 29.4 Å². The zero-order valence-electron chi connectivity index (χ0n) is 28.5. The van der Waals surface area contributed by atoms with Crippen LogP contribution in [0.1, 0.15) is 85.8 Å². The third-order valence-electron chi connectivity index (χ3n) is 12.5. The first kappa shape index (κ1) is 34.7. The average Bonchev–Trinajstić information content (AvgIpc) is 3.55. The third-order valence-corrected chi connectivity index (χ3v) is 12.5. The number of ketones is 2. The van der Waals surface area contributed by atoms with E-state index < -0.39 is 40.9 Å². The van der Waals surface area contributed by atoms with E-state index in [1.807, 2.05) is 13.0 Å². The van der Waals surface area contributed by atoms with Crippen LogP contribution in [0.2, 0.25) is 0 Å². The summed E-state index contributed by atoms with van der Waals surface area (Å²) in [5, 5.41) is 12.0. The number of amides is 1. The molecule has 1 aromatic heterocycles. The number of nitrogens with zero attached hydrogens (tertiary/aromatic N) is 2. The Balaban J connectivity index is 1.35. The van der Waals surface area contributed by atoms with Gasteiger partial charge in [-0.05, 0) is 67.9 Å². The van der Waals surface area contributed by atoms with E-state index in [4.69, 9.17) is 10.5 Å². The van der Waals surface area contributed by atoms with Crippen molar-refractivity contribution in [2.45, 2.75) is 111 Å². The van der Waals surface area contributed by atoms with E-state index in [2.05, 4.69) is 38.0 Å². The van der Waals surface area contributed by atoms with Gasteiger partial charge in [-0.15, -0.1) is 0 Å². The van der Waals surface area contributed by atoms with Crippen LogP contribution in [0.5, 0.6) is 0 Å². The third kappa shape index (κ3) is 6.00. The number of aliphatic carboxylic acids is 1. The highest BCUT2D eigenvalue weighted by molar-refractivity contribution is 6.01. The smallest absolute Gasteiger partial charge is 0.326 e. The van der Waals surface area contributed by atoms with Crippen LogP contribution >= 0.6 is 0 Å². The summed E-state index contributed by atoms with van der Waals surface area (Å²) in [6.07, 6.45) is 11.9. The standard InChI is InChI=1S/C36H50N4O7/c1-7-29(42)36(6)20(2)14-26-25-9-8-22-15-24(41)10-12-34(22,4)31(25)28(17-35(26,36)5)47-30(43)11-13-40-18-23(38-19-40)16-27(33(45)46)39-32(44)21(3)37/h10,12,15,18-21,25-28,31H,7-9,11,13-14,16-17,37H2,1-6H3,(H,39,44)(H,45,46)/t20-,21?,25+,26?,27?,28+,31-,34+,35+,36-/m1/s1. The highest BCUT2D eigenvalue weighted by atomic mass is 16.5. The molecule has 0 radical (unpaired) electrons. The second-order valence-electron chi connectivity index (χ2n) is 15.0. The molecule has 11 heteroatoms. The van der Waals surface area contributed by atoms with E-state index in [0.29, 0.717) is 24.5 Å². The highest BCUT2D eigenvalue weighted by Gasteiger charge is 2.69. The number of rotatable bonds is 11. The summed E-state index contributed by atoms with van der Waals surface area (Å²) in [6.45, 7) is 12.4. The number of aromatic nitrogens is 2. The molecule has 1 aromatic rings. The maximum atomic E-state index is 13.6. The SMILES string of the molecule is CCC(=O)[C@@]1(C)[C@H](C)CC2[C@@H]3CCC4=CC(=O)C=C[C@]4(C)[C@H]3[C@@H](OC(=O)CCn3cnc(CC(NC(=O)C(C)N)C(=O)O)c3)C[C@@]21C. The van der Waals surface area contributed by atoms with Crippen LogP contribution in [-0.2, 0) is 41.7 Å². The van der Waals surface area contributed by atoms with Gasteiger partial charge < -0.3 is 25.5 Å². The Labute approximate surface area is 276 Å². The van der Waals surface area contributed by atoms with E-state index in [-0.39, 0.29) is 60.1 Å². The molecule has 1 amide bonds.